The lowest BCUT2D eigenvalue weighted by atomic mass is 10.1. The second-order valence-corrected chi connectivity index (χ2v) is 5.75. The molecule has 0 bridgehead atoms. The van der Waals surface area contributed by atoms with E-state index in [4.69, 9.17) is 10.8 Å². The van der Waals surface area contributed by atoms with Gasteiger partial charge >= 0.3 is 5.97 Å². The Kier molecular flexibility index (Phi) is 3.54. The molecule has 0 amide bonds. The van der Waals surface area contributed by atoms with E-state index >= 15 is 0 Å². The molecule has 3 aromatic carbocycles. The number of rotatable bonds is 3. The summed E-state index contributed by atoms with van der Waals surface area (Å²) in [5.74, 6) is -1.01. The Morgan fingerprint density at radius 2 is 1.71 bits per heavy atom. The highest BCUT2D eigenvalue weighted by atomic mass is 32.2. The summed E-state index contributed by atoms with van der Waals surface area (Å²) in [7, 11) is 0. The van der Waals surface area contributed by atoms with E-state index in [-0.39, 0.29) is 5.56 Å². The largest absolute Gasteiger partial charge is 0.478 e. The molecule has 4 heteroatoms. The maximum absolute atomic E-state index is 11.1. The molecule has 3 aromatic rings. The molecule has 0 heterocycles. The monoisotopic (exact) mass is 295 g/mol. The third kappa shape index (κ3) is 2.71. The highest BCUT2D eigenvalue weighted by Gasteiger charge is 2.11. The molecule has 3 nitrogen and oxygen atoms in total. The van der Waals surface area contributed by atoms with Crippen LogP contribution in [0.1, 0.15) is 10.4 Å². The average molecular weight is 295 g/mol. The van der Waals surface area contributed by atoms with Crippen LogP contribution in [0, 0.1) is 0 Å². The first-order chi connectivity index (χ1) is 10.1. The standard InChI is InChI=1S/C17H13NO2S/c18-16-14(17(19)20)6-3-7-15(16)21-13-9-8-11-4-1-2-5-12(11)10-13/h1-10H,18H2,(H,19,20). The minimum atomic E-state index is -1.01. The van der Waals surface area contributed by atoms with Gasteiger partial charge in [-0.25, -0.2) is 4.79 Å². The van der Waals surface area contributed by atoms with Gasteiger partial charge in [0.05, 0.1) is 11.3 Å². The van der Waals surface area contributed by atoms with Crippen LogP contribution in [0.3, 0.4) is 0 Å². The van der Waals surface area contributed by atoms with E-state index in [0.29, 0.717) is 5.69 Å². The van der Waals surface area contributed by atoms with Crippen molar-refractivity contribution < 1.29 is 9.90 Å². The number of nitrogens with two attached hydrogens (primary N) is 1. The topological polar surface area (TPSA) is 63.3 Å². The van der Waals surface area contributed by atoms with Crippen LogP contribution in [0.4, 0.5) is 5.69 Å². The number of hydrogen-bond donors (Lipinski definition) is 2. The lowest BCUT2D eigenvalue weighted by Gasteiger charge is -2.08. The molecule has 0 saturated heterocycles. The van der Waals surface area contributed by atoms with E-state index in [1.165, 1.54) is 23.2 Å². The molecule has 0 unspecified atom stereocenters. The molecule has 0 aliphatic carbocycles. The zero-order chi connectivity index (χ0) is 14.8. The number of aromatic carboxylic acids is 1. The Labute approximate surface area is 126 Å². The highest BCUT2D eigenvalue weighted by molar-refractivity contribution is 7.99. The van der Waals surface area contributed by atoms with Gasteiger partial charge in [0, 0.05) is 9.79 Å². The number of hydrogen-bond acceptors (Lipinski definition) is 3. The van der Waals surface area contributed by atoms with Gasteiger partial charge in [-0.15, -0.1) is 0 Å². The van der Waals surface area contributed by atoms with Crippen molar-refractivity contribution in [1.82, 2.24) is 0 Å². The van der Waals surface area contributed by atoms with Crippen LogP contribution in [0.2, 0.25) is 0 Å². The van der Waals surface area contributed by atoms with Gasteiger partial charge in [-0.2, -0.15) is 0 Å². The fraction of sp³-hybridized carbons (Fsp3) is 0. The highest BCUT2D eigenvalue weighted by Crippen LogP contribution is 2.35. The number of benzene rings is 3. The molecule has 0 aliphatic rings. The van der Waals surface area contributed by atoms with Gasteiger partial charge < -0.3 is 10.8 Å². The summed E-state index contributed by atoms with van der Waals surface area (Å²) in [6.45, 7) is 0. The molecule has 3 rings (SSSR count). The van der Waals surface area contributed by atoms with Crippen molar-refractivity contribution in [2.75, 3.05) is 5.73 Å². The van der Waals surface area contributed by atoms with Gasteiger partial charge in [0.2, 0.25) is 0 Å². The molecule has 0 fully saturated rings. The molecule has 0 aromatic heterocycles. The van der Waals surface area contributed by atoms with Crippen molar-refractivity contribution in [2.45, 2.75) is 9.79 Å². The minimum absolute atomic E-state index is 0.140. The third-order valence-corrected chi connectivity index (χ3v) is 4.31. The number of para-hydroxylation sites is 1. The van der Waals surface area contributed by atoms with Crippen molar-refractivity contribution in [3.63, 3.8) is 0 Å². The molecule has 0 radical (unpaired) electrons. The number of fused-ring (bicyclic) bond motifs is 1. The van der Waals surface area contributed by atoms with Crippen LogP contribution in [0.5, 0.6) is 0 Å². The van der Waals surface area contributed by atoms with E-state index in [9.17, 15) is 4.79 Å². The molecule has 3 N–H and O–H groups in total. The first-order valence-electron chi connectivity index (χ1n) is 6.43. The van der Waals surface area contributed by atoms with Crippen molar-refractivity contribution in [1.29, 1.82) is 0 Å². The summed E-state index contributed by atoms with van der Waals surface area (Å²) >= 11 is 1.47. The fourth-order valence-electron chi connectivity index (χ4n) is 2.18. The van der Waals surface area contributed by atoms with Gasteiger partial charge in [0.1, 0.15) is 0 Å². The summed E-state index contributed by atoms with van der Waals surface area (Å²) in [5, 5.41) is 11.4. The Morgan fingerprint density at radius 1 is 0.952 bits per heavy atom. The van der Waals surface area contributed by atoms with Crippen molar-refractivity contribution >= 4 is 34.2 Å². The number of carboxylic acid groups (broad SMARTS) is 1. The van der Waals surface area contributed by atoms with E-state index in [2.05, 4.69) is 24.3 Å². The lowest BCUT2D eigenvalue weighted by Crippen LogP contribution is -2.03. The summed E-state index contributed by atoms with van der Waals surface area (Å²) in [6.07, 6.45) is 0. The van der Waals surface area contributed by atoms with Crippen LogP contribution in [0.15, 0.2) is 70.5 Å². The predicted octanol–water partition coefficient (Wildman–Crippen LogP) is 4.27. The Morgan fingerprint density at radius 3 is 2.48 bits per heavy atom. The van der Waals surface area contributed by atoms with Crippen LogP contribution in [-0.2, 0) is 0 Å². The summed E-state index contributed by atoms with van der Waals surface area (Å²) in [6, 6.07) is 19.3. The second kappa shape index (κ2) is 5.50. The zero-order valence-corrected chi connectivity index (χ0v) is 11.9. The smallest absolute Gasteiger partial charge is 0.337 e. The molecule has 0 atom stereocenters. The first-order valence-corrected chi connectivity index (χ1v) is 7.25. The van der Waals surface area contributed by atoms with Crippen LogP contribution in [0.25, 0.3) is 10.8 Å². The molecule has 0 aliphatic heterocycles. The fourth-order valence-corrected chi connectivity index (χ4v) is 3.12. The van der Waals surface area contributed by atoms with Gasteiger partial charge in [0.25, 0.3) is 0 Å². The molecular weight excluding hydrogens is 282 g/mol. The number of carbonyl (C=O) groups is 1. The minimum Gasteiger partial charge on any atom is -0.478 e. The van der Waals surface area contributed by atoms with E-state index < -0.39 is 5.97 Å². The van der Waals surface area contributed by atoms with Crippen LogP contribution >= 0.6 is 11.8 Å². The molecule has 104 valence electrons. The quantitative estimate of drug-likeness (QED) is 0.708. The summed E-state index contributed by atoms with van der Waals surface area (Å²) in [5.41, 5.74) is 6.39. The predicted molar refractivity (Wildman–Crippen MR) is 85.9 cm³/mol. The Bertz CT molecular complexity index is 830. The normalized spacial score (nSPS) is 10.7. The maximum atomic E-state index is 11.1. The molecule has 0 saturated carbocycles. The SMILES string of the molecule is Nc1c(Sc2ccc3ccccc3c2)cccc1C(=O)O. The zero-order valence-electron chi connectivity index (χ0n) is 11.1. The average Bonchev–Trinajstić information content (AvgIpc) is 2.49. The Balaban J connectivity index is 1.98. The van der Waals surface area contributed by atoms with Gasteiger partial charge in [-0.3, -0.25) is 0 Å². The molecule has 0 spiro atoms. The van der Waals surface area contributed by atoms with Crippen molar-refractivity contribution in [3.8, 4) is 0 Å². The number of nitrogen functional groups attached to an aromatic ring is 1. The second-order valence-electron chi connectivity index (χ2n) is 4.63. The maximum Gasteiger partial charge on any atom is 0.337 e. The van der Waals surface area contributed by atoms with Crippen molar-refractivity contribution in [2.24, 2.45) is 0 Å². The van der Waals surface area contributed by atoms with E-state index in [1.54, 1.807) is 6.07 Å². The summed E-state index contributed by atoms with van der Waals surface area (Å²) < 4.78 is 0. The Hall–Kier alpha value is -2.46. The van der Waals surface area contributed by atoms with Gasteiger partial charge in [-0.05, 0) is 35.0 Å². The third-order valence-electron chi connectivity index (χ3n) is 3.25. The molecule has 21 heavy (non-hydrogen) atoms. The molecular formula is C17H13NO2S. The lowest BCUT2D eigenvalue weighted by molar-refractivity contribution is 0.0698. The number of carboxylic acids is 1. The van der Waals surface area contributed by atoms with E-state index in [0.717, 1.165) is 15.2 Å². The van der Waals surface area contributed by atoms with E-state index in [1.807, 2.05) is 24.3 Å². The first kappa shape index (κ1) is 13.5. The van der Waals surface area contributed by atoms with Gasteiger partial charge in [0.15, 0.2) is 0 Å². The van der Waals surface area contributed by atoms with Crippen molar-refractivity contribution in [3.05, 3.63) is 66.2 Å². The van der Waals surface area contributed by atoms with Crippen LogP contribution in [-0.4, -0.2) is 11.1 Å². The van der Waals surface area contributed by atoms with Gasteiger partial charge in [-0.1, -0.05) is 48.2 Å². The summed E-state index contributed by atoms with van der Waals surface area (Å²) in [4.78, 5) is 12.9. The number of anilines is 1. The van der Waals surface area contributed by atoms with Crippen LogP contribution < -0.4 is 5.73 Å².